The van der Waals surface area contributed by atoms with E-state index in [2.05, 4.69) is 0 Å². The molecule has 0 aromatic heterocycles. The standard InChI is InChI=1S/C23H24O8/c1-28-20-14-16(6-10-22(24)25)4-8-18(20)30-12-3-13-31-19-9-5-17(7-11-23(26)27)15-21(19)29-2/h4-11,14-15H,3,12-13H2,1-2H3,(H,24,25)(H,26,27)/b10-6+,11-7+. The Labute approximate surface area is 179 Å². The van der Waals surface area contributed by atoms with E-state index in [4.69, 9.17) is 29.2 Å². The topological polar surface area (TPSA) is 112 Å². The van der Waals surface area contributed by atoms with Gasteiger partial charge in [-0.05, 0) is 47.5 Å². The van der Waals surface area contributed by atoms with E-state index < -0.39 is 11.9 Å². The number of benzene rings is 2. The van der Waals surface area contributed by atoms with Crippen LogP contribution in [0.1, 0.15) is 17.5 Å². The maximum Gasteiger partial charge on any atom is 0.328 e. The summed E-state index contributed by atoms with van der Waals surface area (Å²) in [5.74, 6) is 0.0362. The normalized spacial score (nSPS) is 10.9. The van der Waals surface area contributed by atoms with Gasteiger partial charge in [0.05, 0.1) is 27.4 Å². The van der Waals surface area contributed by atoms with Gasteiger partial charge in [-0.25, -0.2) is 9.59 Å². The van der Waals surface area contributed by atoms with E-state index in [1.165, 1.54) is 26.4 Å². The highest BCUT2D eigenvalue weighted by molar-refractivity contribution is 5.86. The molecule has 0 saturated carbocycles. The largest absolute Gasteiger partial charge is 0.493 e. The molecule has 2 aromatic carbocycles. The molecule has 0 radical (unpaired) electrons. The van der Waals surface area contributed by atoms with Gasteiger partial charge in [-0.2, -0.15) is 0 Å². The van der Waals surface area contributed by atoms with Crippen molar-refractivity contribution < 1.29 is 38.7 Å². The Morgan fingerprint density at radius 3 is 1.52 bits per heavy atom. The summed E-state index contributed by atoms with van der Waals surface area (Å²) >= 11 is 0. The van der Waals surface area contributed by atoms with Gasteiger partial charge >= 0.3 is 11.9 Å². The van der Waals surface area contributed by atoms with Gasteiger partial charge in [0, 0.05) is 18.6 Å². The number of rotatable bonds is 12. The predicted octanol–water partition coefficient (Wildman–Crippen LogP) is 3.75. The van der Waals surface area contributed by atoms with Crippen LogP contribution in [0, 0.1) is 0 Å². The number of hydrogen-bond donors (Lipinski definition) is 2. The van der Waals surface area contributed by atoms with Gasteiger partial charge in [0.1, 0.15) is 0 Å². The van der Waals surface area contributed by atoms with Gasteiger partial charge in [-0.15, -0.1) is 0 Å². The van der Waals surface area contributed by atoms with Crippen molar-refractivity contribution in [2.45, 2.75) is 6.42 Å². The molecular formula is C23H24O8. The van der Waals surface area contributed by atoms with E-state index in [9.17, 15) is 9.59 Å². The third-order valence-corrected chi connectivity index (χ3v) is 4.02. The van der Waals surface area contributed by atoms with Crippen LogP contribution < -0.4 is 18.9 Å². The van der Waals surface area contributed by atoms with Crippen molar-refractivity contribution in [3.63, 3.8) is 0 Å². The fourth-order valence-electron chi connectivity index (χ4n) is 2.57. The zero-order valence-electron chi connectivity index (χ0n) is 17.2. The molecular weight excluding hydrogens is 404 g/mol. The van der Waals surface area contributed by atoms with Gasteiger partial charge in [-0.3, -0.25) is 0 Å². The first kappa shape index (κ1) is 23.3. The van der Waals surface area contributed by atoms with Crippen LogP contribution in [0.5, 0.6) is 23.0 Å². The number of aliphatic carboxylic acids is 2. The molecule has 0 aliphatic carbocycles. The molecule has 0 saturated heterocycles. The molecule has 164 valence electrons. The summed E-state index contributed by atoms with van der Waals surface area (Å²) in [6.07, 6.45) is 5.64. The maximum absolute atomic E-state index is 10.6. The summed E-state index contributed by atoms with van der Waals surface area (Å²) < 4.78 is 22.1. The monoisotopic (exact) mass is 428 g/mol. The van der Waals surface area contributed by atoms with Crippen LogP contribution in [-0.2, 0) is 9.59 Å². The Bertz CT molecular complexity index is 885. The molecule has 8 nitrogen and oxygen atoms in total. The van der Waals surface area contributed by atoms with Crippen LogP contribution in [0.2, 0.25) is 0 Å². The van der Waals surface area contributed by atoms with E-state index >= 15 is 0 Å². The van der Waals surface area contributed by atoms with Gasteiger partial charge < -0.3 is 29.2 Å². The molecule has 0 aliphatic rings. The average Bonchev–Trinajstić information content (AvgIpc) is 2.76. The van der Waals surface area contributed by atoms with Gasteiger partial charge in [0.2, 0.25) is 0 Å². The number of carboxylic acid groups (broad SMARTS) is 2. The van der Waals surface area contributed by atoms with Crippen molar-refractivity contribution >= 4 is 24.1 Å². The first-order chi connectivity index (χ1) is 14.9. The Morgan fingerprint density at radius 1 is 0.742 bits per heavy atom. The third kappa shape index (κ3) is 7.77. The Balaban J connectivity index is 1.88. The molecule has 2 aromatic rings. The molecule has 0 aliphatic heterocycles. The van der Waals surface area contributed by atoms with Crippen molar-refractivity contribution in [3.8, 4) is 23.0 Å². The number of carboxylic acids is 2. The van der Waals surface area contributed by atoms with Crippen molar-refractivity contribution in [1.29, 1.82) is 0 Å². The lowest BCUT2D eigenvalue weighted by Crippen LogP contribution is -2.06. The zero-order valence-corrected chi connectivity index (χ0v) is 17.2. The van der Waals surface area contributed by atoms with Crippen LogP contribution in [-0.4, -0.2) is 49.6 Å². The Kier molecular flexibility index (Phi) is 8.97. The van der Waals surface area contributed by atoms with Crippen molar-refractivity contribution in [1.82, 2.24) is 0 Å². The second-order valence-electron chi connectivity index (χ2n) is 6.21. The highest BCUT2D eigenvalue weighted by Gasteiger charge is 2.07. The van der Waals surface area contributed by atoms with Crippen molar-refractivity contribution in [2.24, 2.45) is 0 Å². The summed E-state index contributed by atoms with van der Waals surface area (Å²) in [5, 5.41) is 17.4. The van der Waals surface area contributed by atoms with E-state index in [0.29, 0.717) is 53.8 Å². The van der Waals surface area contributed by atoms with E-state index in [1.54, 1.807) is 36.4 Å². The molecule has 0 unspecified atom stereocenters. The lowest BCUT2D eigenvalue weighted by Gasteiger charge is -2.13. The molecule has 0 fully saturated rings. The molecule has 0 amide bonds. The van der Waals surface area contributed by atoms with Crippen LogP contribution in [0.25, 0.3) is 12.2 Å². The summed E-state index contributed by atoms with van der Waals surface area (Å²) in [4.78, 5) is 21.2. The van der Waals surface area contributed by atoms with E-state index in [1.807, 2.05) is 0 Å². The Hall–Kier alpha value is -3.94. The number of carbonyl (C=O) groups is 2. The van der Waals surface area contributed by atoms with Crippen LogP contribution >= 0.6 is 0 Å². The molecule has 2 rings (SSSR count). The number of ether oxygens (including phenoxy) is 4. The minimum Gasteiger partial charge on any atom is -0.493 e. The van der Waals surface area contributed by atoms with Gasteiger partial charge in [0.15, 0.2) is 23.0 Å². The van der Waals surface area contributed by atoms with E-state index in [-0.39, 0.29) is 0 Å². The smallest absolute Gasteiger partial charge is 0.328 e. The molecule has 0 atom stereocenters. The van der Waals surface area contributed by atoms with Crippen molar-refractivity contribution in [3.05, 3.63) is 59.7 Å². The minimum atomic E-state index is -1.03. The minimum absolute atomic E-state index is 0.377. The molecule has 0 bridgehead atoms. The highest BCUT2D eigenvalue weighted by Crippen LogP contribution is 2.30. The summed E-state index contributed by atoms with van der Waals surface area (Å²) in [5.41, 5.74) is 1.37. The predicted molar refractivity (Wildman–Crippen MR) is 115 cm³/mol. The van der Waals surface area contributed by atoms with Gasteiger partial charge in [0.25, 0.3) is 0 Å². The quantitative estimate of drug-likeness (QED) is 0.388. The van der Waals surface area contributed by atoms with E-state index in [0.717, 1.165) is 12.2 Å². The molecule has 2 N–H and O–H groups in total. The van der Waals surface area contributed by atoms with Crippen molar-refractivity contribution in [2.75, 3.05) is 27.4 Å². The first-order valence-corrected chi connectivity index (χ1v) is 9.36. The lowest BCUT2D eigenvalue weighted by molar-refractivity contribution is -0.132. The van der Waals surface area contributed by atoms with Crippen LogP contribution in [0.4, 0.5) is 0 Å². The second-order valence-corrected chi connectivity index (χ2v) is 6.21. The summed E-state index contributed by atoms with van der Waals surface area (Å²) in [6, 6.07) is 10.3. The number of hydrogen-bond acceptors (Lipinski definition) is 6. The fraction of sp³-hybridized carbons (Fsp3) is 0.217. The van der Waals surface area contributed by atoms with Crippen LogP contribution in [0.3, 0.4) is 0 Å². The molecule has 8 heteroatoms. The third-order valence-electron chi connectivity index (χ3n) is 4.02. The molecule has 0 spiro atoms. The highest BCUT2D eigenvalue weighted by atomic mass is 16.5. The van der Waals surface area contributed by atoms with Crippen LogP contribution in [0.15, 0.2) is 48.6 Å². The Morgan fingerprint density at radius 2 is 1.16 bits per heavy atom. The maximum atomic E-state index is 10.6. The number of methoxy groups -OCH3 is 2. The zero-order chi connectivity index (χ0) is 22.6. The first-order valence-electron chi connectivity index (χ1n) is 9.36. The average molecular weight is 428 g/mol. The fourth-order valence-corrected chi connectivity index (χ4v) is 2.57. The van der Waals surface area contributed by atoms with Gasteiger partial charge in [-0.1, -0.05) is 12.1 Å². The second kappa shape index (κ2) is 11.9. The summed E-state index contributed by atoms with van der Waals surface area (Å²) in [6.45, 7) is 0.755. The SMILES string of the molecule is COc1cc(/C=C/C(=O)O)ccc1OCCCOc1ccc(/C=C/C(=O)O)cc1OC. The molecule has 0 heterocycles. The summed E-state index contributed by atoms with van der Waals surface area (Å²) in [7, 11) is 3.02. The molecule has 31 heavy (non-hydrogen) atoms. The lowest BCUT2D eigenvalue weighted by atomic mass is 10.2.